The summed E-state index contributed by atoms with van der Waals surface area (Å²) in [6.45, 7) is 3.19. The lowest BCUT2D eigenvalue weighted by atomic mass is 9.82. The predicted molar refractivity (Wildman–Crippen MR) is 129 cm³/mol. The van der Waals surface area contributed by atoms with Crippen LogP contribution in [0.25, 0.3) is 0 Å². The summed E-state index contributed by atoms with van der Waals surface area (Å²) in [5, 5.41) is 0.119. The number of halogens is 4. The van der Waals surface area contributed by atoms with Crippen LogP contribution in [0.15, 0.2) is 65.6 Å². The lowest BCUT2D eigenvalue weighted by Crippen LogP contribution is -2.28. The monoisotopic (exact) mass is 523 g/mol. The summed E-state index contributed by atoms with van der Waals surface area (Å²) in [7, 11) is 1.40. The zero-order chi connectivity index (χ0) is 26.5. The molecule has 0 amide bonds. The van der Waals surface area contributed by atoms with E-state index in [2.05, 4.69) is 0 Å². The van der Waals surface area contributed by atoms with Gasteiger partial charge >= 0.3 is 12.1 Å². The highest BCUT2D eigenvalue weighted by molar-refractivity contribution is 6.31. The number of carbonyl (C=O) groups excluding carboxylic acids is 1. The lowest BCUT2D eigenvalue weighted by molar-refractivity contribution is -0.155. The molecule has 1 heterocycles. The van der Waals surface area contributed by atoms with E-state index in [1.165, 1.54) is 44.4 Å². The highest BCUT2D eigenvalue weighted by atomic mass is 35.5. The van der Waals surface area contributed by atoms with Crippen LogP contribution < -0.4 is 15.0 Å². The summed E-state index contributed by atoms with van der Waals surface area (Å²) in [5.41, 5.74) is -0.132. The Labute approximate surface area is 211 Å². The Bertz CT molecular complexity index is 1260. The summed E-state index contributed by atoms with van der Waals surface area (Å²) >= 11 is 6.38. The second-order valence-electron chi connectivity index (χ2n) is 8.07. The molecular weight excluding hydrogens is 499 g/mol. The molecule has 192 valence electrons. The van der Waals surface area contributed by atoms with Gasteiger partial charge in [-0.3, -0.25) is 4.79 Å². The van der Waals surface area contributed by atoms with Crippen LogP contribution in [0.5, 0.6) is 17.2 Å². The summed E-state index contributed by atoms with van der Waals surface area (Å²) in [6, 6.07) is 13.2. The third-order valence-corrected chi connectivity index (χ3v) is 5.83. The molecule has 2 aromatic carbocycles. The van der Waals surface area contributed by atoms with Crippen molar-refractivity contribution in [2.45, 2.75) is 31.9 Å². The molecule has 0 saturated heterocycles. The molecule has 0 aliphatic heterocycles. The second-order valence-corrected chi connectivity index (χ2v) is 8.48. The molecule has 0 spiro atoms. The van der Waals surface area contributed by atoms with E-state index in [0.717, 1.165) is 10.6 Å². The van der Waals surface area contributed by atoms with Gasteiger partial charge in [-0.1, -0.05) is 30.7 Å². The van der Waals surface area contributed by atoms with Gasteiger partial charge in [-0.05, 0) is 60.4 Å². The minimum absolute atomic E-state index is 0.0289. The number of aryl methyl sites for hydroxylation is 1. The lowest BCUT2D eigenvalue weighted by Gasteiger charge is -2.28. The van der Waals surface area contributed by atoms with Crippen LogP contribution in [0, 0.1) is 0 Å². The molecule has 0 N–H and O–H groups in total. The third-order valence-electron chi connectivity index (χ3n) is 5.50. The van der Waals surface area contributed by atoms with E-state index in [1.807, 2.05) is 0 Å². The van der Waals surface area contributed by atoms with E-state index in [0.29, 0.717) is 22.8 Å². The largest absolute Gasteiger partial charge is 0.482 e. The number of rotatable bonds is 9. The van der Waals surface area contributed by atoms with Crippen LogP contribution in [0.4, 0.5) is 13.2 Å². The van der Waals surface area contributed by atoms with Gasteiger partial charge in [0.25, 0.3) is 0 Å². The fraction of sp³-hybridized carbons (Fsp3) is 0.308. The van der Waals surface area contributed by atoms with E-state index in [4.69, 9.17) is 25.8 Å². The molecule has 0 fully saturated rings. The molecule has 0 aliphatic rings. The molecule has 2 atom stereocenters. The van der Waals surface area contributed by atoms with Gasteiger partial charge in [0.1, 0.15) is 17.2 Å². The molecule has 36 heavy (non-hydrogen) atoms. The van der Waals surface area contributed by atoms with Crippen LogP contribution in [-0.4, -0.2) is 29.9 Å². The molecule has 3 aromatic rings. The molecule has 0 saturated carbocycles. The summed E-state index contributed by atoms with van der Waals surface area (Å²) in [4.78, 5) is 23.0. The number of ether oxygens (including phenoxy) is 3. The smallest absolute Gasteiger partial charge is 0.396 e. The molecule has 1 aromatic heterocycles. The van der Waals surface area contributed by atoms with Gasteiger partial charge in [0.2, 0.25) is 5.56 Å². The fourth-order valence-corrected chi connectivity index (χ4v) is 4.11. The Balaban J connectivity index is 1.76. The van der Waals surface area contributed by atoms with Gasteiger partial charge in [0, 0.05) is 24.3 Å². The highest BCUT2D eigenvalue weighted by Gasteiger charge is 2.45. The van der Waals surface area contributed by atoms with Crippen LogP contribution in [0.3, 0.4) is 0 Å². The molecular formula is C26H25ClF3NO5. The topological polar surface area (TPSA) is 66.8 Å². The number of nitrogens with zero attached hydrogens (tertiary/aromatic N) is 1. The van der Waals surface area contributed by atoms with E-state index < -0.39 is 29.5 Å². The van der Waals surface area contributed by atoms with Crippen molar-refractivity contribution in [3.63, 3.8) is 0 Å². The maximum Gasteiger partial charge on any atom is 0.396 e. The van der Waals surface area contributed by atoms with E-state index >= 15 is 0 Å². The van der Waals surface area contributed by atoms with Crippen molar-refractivity contribution >= 4 is 17.6 Å². The van der Waals surface area contributed by atoms with E-state index in [-0.39, 0.29) is 23.8 Å². The first kappa shape index (κ1) is 27.1. The van der Waals surface area contributed by atoms with Crippen LogP contribution in [-0.2, 0) is 16.6 Å². The standard InChI is InChI=1S/C26H25ClF3NO5/c1-4-34-24(33)15-35-18-6-8-19(9-7-18)36-20-10-11-21(22(27)13-20)16(2)25(26(28,29)30)17-5-12-23(32)31(3)14-17/h5-14,16,25H,4,15H2,1-3H3. The Kier molecular flexibility index (Phi) is 8.68. The average molecular weight is 524 g/mol. The van der Waals surface area contributed by atoms with Crippen molar-refractivity contribution in [3.8, 4) is 17.2 Å². The molecule has 0 radical (unpaired) electrons. The van der Waals surface area contributed by atoms with Crippen molar-refractivity contribution in [3.05, 3.63) is 87.3 Å². The van der Waals surface area contributed by atoms with E-state index in [1.54, 1.807) is 31.2 Å². The van der Waals surface area contributed by atoms with Crippen molar-refractivity contribution in [1.82, 2.24) is 4.57 Å². The van der Waals surface area contributed by atoms with Gasteiger partial charge < -0.3 is 18.8 Å². The maximum atomic E-state index is 14.1. The van der Waals surface area contributed by atoms with Crippen molar-refractivity contribution in [2.24, 2.45) is 7.05 Å². The van der Waals surface area contributed by atoms with Gasteiger partial charge in [0.05, 0.1) is 12.5 Å². The quantitative estimate of drug-likeness (QED) is 0.311. The molecule has 0 bridgehead atoms. The minimum atomic E-state index is -4.56. The first-order valence-corrected chi connectivity index (χ1v) is 11.5. The first-order valence-electron chi connectivity index (χ1n) is 11.1. The molecule has 0 aliphatic carbocycles. The fourth-order valence-electron chi connectivity index (χ4n) is 3.77. The van der Waals surface area contributed by atoms with Crippen LogP contribution >= 0.6 is 11.6 Å². The van der Waals surface area contributed by atoms with Crippen LogP contribution in [0.2, 0.25) is 5.02 Å². The number of alkyl halides is 3. The number of benzene rings is 2. The zero-order valence-electron chi connectivity index (χ0n) is 19.8. The SMILES string of the molecule is CCOC(=O)COc1ccc(Oc2ccc(C(C)C(c3ccc(=O)n(C)c3)C(F)(F)F)c(Cl)c2)cc1. The Morgan fingerprint density at radius 2 is 1.67 bits per heavy atom. The summed E-state index contributed by atoms with van der Waals surface area (Å²) in [6.07, 6.45) is -3.37. The summed E-state index contributed by atoms with van der Waals surface area (Å²) in [5.74, 6) is -2.16. The van der Waals surface area contributed by atoms with Gasteiger partial charge in [-0.2, -0.15) is 13.2 Å². The van der Waals surface area contributed by atoms with Crippen molar-refractivity contribution in [2.75, 3.05) is 13.2 Å². The number of hydrogen-bond donors (Lipinski definition) is 0. The Hall–Kier alpha value is -3.46. The Morgan fingerprint density at radius 1 is 1.03 bits per heavy atom. The number of hydrogen-bond acceptors (Lipinski definition) is 5. The molecule has 6 nitrogen and oxygen atoms in total. The van der Waals surface area contributed by atoms with Gasteiger partial charge in [-0.15, -0.1) is 0 Å². The molecule has 2 unspecified atom stereocenters. The van der Waals surface area contributed by atoms with Crippen LogP contribution in [0.1, 0.15) is 36.8 Å². The molecule has 3 rings (SSSR count). The Morgan fingerprint density at radius 3 is 2.25 bits per heavy atom. The molecule has 10 heteroatoms. The van der Waals surface area contributed by atoms with Crippen molar-refractivity contribution in [1.29, 1.82) is 0 Å². The number of esters is 1. The second kappa shape index (κ2) is 11.5. The normalized spacial score (nSPS) is 13.1. The first-order chi connectivity index (χ1) is 17.0. The van der Waals surface area contributed by atoms with Gasteiger partial charge in [0.15, 0.2) is 6.61 Å². The predicted octanol–water partition coefficient (Wildman–Crippen LogP) is 6.22. The number of pyridine rings is 1. The van der Waals surface area contributed by atoms with Gasteiger partial charge in [-0.25, -0.2) is 4.79 Å². The van der Waals surface area contributed by atoms with E-state index in [9.17, 15) is 22.8 Å². The number of aromatic nitrogens is 1. The minimum Gasteiger partial charge on any atom is -0.482 e. The average Bonchev–Trinajstić information content (AvgIpc) is 2.80. The number of carbonyl (C=O) groups is 1. The highest BCUT2D eigenvalue weighted by Crippen LogP contribution is 2.46. The zero-order valence-corrected chi connectivity index (χ0v) is 20.6. The third kappa shape index (κ3) is 6.81. The maximum absolute atomic E-state index is 14.1. The summed E-state index contributed by atoms with van der Waals surface area (Å²) < 4.78 is 59.2. The van der Waals surface area contributed by atoms with Crippen molar-refractivity contribution < 1.29 is 32.2 Å².